The fraction of sp³-hybridized carbons (Fsp3) is 0.682. The second-order valence-electron chi connectivity index (χ2n) is 7.89. The van der Waals surface area contributed by atoms with Crippen molar-refractivity contribution in [3.63, 3.8) is 0 Å². The summed E-state index contributed by atoms with van der Waals surface area (Å²) in [6, 6.07) is 1.63. The molecule has 3 atom stereocenters. The molecule has 0 bridgehead atoms. The predicted molar refractivity (Wildman–Crippen MR) is 104 cm³/mol. The van der Waals surface area contributed by atoms with Crippen molar-refractivity contribution in [1.29, 1.82) is 0 Å². The largest absolute Gasteiger partial charge is 0.507 e. The lowest BCUT2D eigenvalue weighted by atomic mass is 9.86. The van der Waals surface area contributed by atoms with Gasteiger partial charge in [-0.15, -0.1) is 0 Å². The highest BCUT2D eigenvalue weighted by Gasteiger charge is 2.42. The Bertz CT molecular complexity index is 729. The van der Waals surface area contributed by atoms with Gasteiger partial charge < -0.3 is 19.0 Å². The first kappa shape index (κ1) is 20.0. The van der Waals surface area contributed by atoms with Gasteiger partial charge in [0.25, 0.3) is 0 Å². The van der Waals surface area contributed by atoms with E-state index in [-0.39, 0.29) is 23.3 Å². The van der Waals surface area contributed by atoms with E-state index in [9.17, 15) is 9.90 Å². The molecule has 150 valence electrons. The minimum Gasteiger partial charge on any atom is -0.507 e. The average Bonchev–Trinajstić information content (AvgIpc) is 3.01. The van der Waals surface area contributed by atoms with Gasteiger partial charge in [-0.3, -0.25) is 0 Å². The van der Waals surface area contributed by atoms with Gasteiger partial charge in [0.1, 0.15) is 22.7 Å². The van der Waals surface area contributed by atoms with E-state index < -0.39 is 11.2 Å². The van der Waals surface area contributed by atoms with Crippen LogP contribution in [-0.2, 0) is 15.1 Å². The second kappa shape index (κ2) is 8.51. The van der Waals surface area contributed by atoms with Crippen LogP contribution in [0.25, 0.3) is 0 Å². The molecule has 5 heteroatoms. The van der Waals surface area contributed by atoms with Crippen LogP contribution in [0.4, 0.5) is 0 Å². The Morgan fingerprint density at radius 2 is 2.15 bits per heavy atom. The van der Waals surface area contributed by atoms with Crippen molar-refractivity contribution in [1.82, 2.24) is 0 Å². The summed E-state index contributed by atoms with van der Waals surface area (Å²) in [5.74, 6) is 1.38. The fourth-order valence-corrected chi connectivity index (χ4v) is 4.45. The molecule has 0 spiro atoms. The summed E-state index contributed by atoms with van der Waals surface area (Å²) in [7, 11) is 0. The Kier molecular flexibility index (Phi) is 6.30. The molecule has 0 radical (unpaired) electrons. The van der Waals surface area contributed by atoms with E-state index in [1.165, 1.54) is 6.42 Å². The average molecular weight is 376 g/mol. The van der Waals surface area contributed by atoms with Gasteiger partial charge >= 0.3 is 5.63 Å². The zero-order chi connectivity index (χ0) is 19.4. The normalized spacial score (nSPS) is 26.5. The van der Waals surface area contributed by atoms with Gasteiger partial charge in [0.15, 0.2) is 0 Å². The molecule has 1 fully saturated rings. The van der Waals surface area contributed by atoms with Gasteiger partial charge in [0.05, 0.1) is 11.9 Å². The minimum absolute atomic E-state index is 0.0131. The van der Waals surface area contributed by atoms with Crippen LogP contribution in [0.5, 0.6) is 5.75 Å². The zero-order valence-electron chi connectivity index (χ0n) is 16.8. The molecule has 27 heavy (non-hydrogen) atoms. The van der Waals surface area contributed by atoms with Crippen molar-refractivity contribution >= 4 is 0 Å². The Morgan fingerprint density at radius 1 is 1.33 bits per heavy atom. The number of rotatable bonds is 7. The van der Waals surface area contributed by atoms with Gasteiger partial charge in [-0.05, 0) is 51.5 Å². The lowest BCUT2D eigenvalue weighted by Crippen LogP contribution is -2.32. The fourth-order valence-electron chi connectivity index (χ4n) is 4.45. The molecule has 5 nitrogen and oxygen atoms in total. The number of aromatic hydroxyl groups is 1. The van der Waals surface area contributed by atoms with Crippen LogP contribution in [0, 0.1) is 0 Å². The molecule has 0 saturated carbocycles. The standard InChI is InChI=1S/C22H32O5/c1-4-10-22(11-9-15(3)27-22)20-18(23)14-19(26-21(20)24)16(5-2)13-17-8-6-7-12-25-17/h9,14,16-17,23H,4-8,10-13H2,1-3H3. The predicted octanol–water partition coefficient (Wildman–Crippen LogP) is 5.12. The summed E-state index contributed by atoms with van der Waals surface area (Å²) in [5, 5.41) is 10.8. The molecule has 3 rings (SSSR count). The van der Waals surface area contributed by atoms with Crippen LogP contribution < -0.4 is 5.63 Å². The van der Waals surface area contributed by atoms with Gasteiger partial charge in [-0.1, -0.05) is 20.3 Å². The van der Waals surface area contributed by atoms with Crippen LogP contribution >= 0.6 is 0 Å². The van der Waals surface area contributed by atoms with E-state index in [1.54, 1.807) is 6.07 Å². The highest BCUT2D eigenvalue weighted by Crippen LogP contribution is 2.44. The molecule has 0 aromatic carbocycles. The first-order valence-electron chi connectivity index (χ1n) is 10.3. The molecule has 2 aliphatic rings. The van der Waals surface area contributed by atoms with Crippen LogP contribution in [0.15, 0.2) is 27.1 Å². The van der Waals surface area contributed by atoms with E-state index in [0.717, 1.165) is 44.5 Å². The molecule has 1 aromatic rings. The van der Waals surface area contributed by atoms with Gasteiger partial charge in [0.2, 0.25) is 0 Å². The SMILES string of the molecule is CCCC1(c2c(O)cc(C(CC)CC3CCCCO3)oc2=O)CC=C(C)O1. The van der Waals surface area contributed by atoms with E-state index in [0.29, 0.717) is 18.6 Å². The molecule has 1 N–H and O–H groups in total. The topological polar surface area (TPSA) is 68.9 Å². The third kappa shape index (κ3) is 4.23. The molecule has 0 amide bonds. The summed E-state index contributed by atoms with van der Waals surface area (Å²) < 4.78 is 17.6. The van der Waals surface area contributed by atoms with E-state index in [2.05, 4.69) is 6.92 Å². The monoisotopic (exact) mass is 376 g/mol. The quantitative estimate of drug-likeness (QED) is 0.715. The lowest BCUT2D eigenvalue weighted by molar-refractivity contribution is 0.00380. The highest BCUT2D eigenvalue weighted by atomic mass is 16.5. The maximum absolute atomic E-state index is 12.9. The smallest absolute Gasteiger partial charge is 0.347 e. The minimum atomic E-state index is -0.809. The summed E-state index contributed by atoms with van der Waals surface area (Å²) in [4.78, 5) is 12.9. The van der Waals surface area contributed by atoms with Crippen molar-refractivity contribution in [2.75, 3.05) is 6.61 Å². The number of hydrogen-bond acceptors (Lipinski definition) is 5. The van der Waals surface area contributed by atoms with Crippen molar-refractivity contribution in [3.8, 4) is 5.75 Å². The number of allylic oxidation sites excluding steroid dienone is 1. The molecule has 3 unspecified atom stereocenters. The Hall–Kier alpha value is -1.75. The molecule has 1 aromatic heterocycles. The van der Waals surface area contributed by atoms with E-state index in [4.69, 9.17) is 13.9 Å². The van der Waals surface area contributed by atoms with Crippen molar-refractivity contribution in [3.05, 3.63) is 39.6 Å². The molecular weight excluding hydrogens is 344 g/mol. The maximum Gasteiger partial charge on any atom is 0.347 e. The highest BCUT2D eigenvalue weighted by molar-refractivity contribution is 5.38. The Balaban J connectivity index is 1.88. The third-order valence-corrected chi connectivity index (χ3v) is 5.85. The van der Waals surface area contributed by atoms with E-state index >= 15 is 0 Å². The van der Waals surface area contributed by atoms with Crippen LogP contribution in [-0.4, -0.2) is 17.8 Å². The number of ether oxygens (including phenoxy) is 2. The summed E-state index contributed by atoms with van der Waals surface area (Å²) >= 11 is 0. The maximum atomic E-state index is 12.9. The first-order valence-corrected chi connectivity index (χ1v) is 10.3. The summed E-state index contributed by atoms with van der Waals surface area (Å²) in [5.41, 5.74) is -1.04. The van der Waals surface area contributed by atoms with Crippen LogP contribution in [0.1, 0.15) is 89.4 Å². The van der Waals surface area contributed by atoms with Crippen molar-refractivity contribution in [2.24, 2.45) is 0 Å². The first-order chi connectivity index (χ1) is 13.0. The Labute approximate surface area is 161 Å². The van der Waals surface area contributed by atoms with Gasteiger partial charge in [0, 0.05) is 25.0 Å². The second-order valence-corrected chi connectivity index (χ2v) is 7.89. The summed E-state index contributed by atoms with van der Waals surface area (Å²) in [6.07, 6.45) is 9.24. The van der Waals surface area contributed by atoms with Crippen LogP contribution in [0.2, 0.25) is 0 Å². The number of hydrogen-bond donors (Lipinski definition) is 1. The van der Waals surface area contributed by atoms with Crippen molar-refractivity contribution < 1.29 is 19.0 Å². The molecule has 2 aliphatic heterocycles. The van der Waals surface area contributed by atoms with Crippen molar-refractivity contribution in [2.45, 2.75) is 89.8 Å². The van der Waals surface area contributed by atoms with Gasteiger partial charge in [-0.2, -0.15) is 0 Å². The molecule has 0 aliphatic carbocycles. The lowest BCUT2D eigenvalue weighted by Gasteiger charge is -2.30. The zero-order valence-corrected chi connectivity index (χ0v) is 16.8. The summed E-state index contributed by atoms with van der Waals surface area (Å²) in [6.45, 7) is 6.80. The van der Waals surface area contributed by atoms with Crippen LogP contribution in [0.3, 0.4) is 0 Å². The molecule has 3 heterocycles. The molecular formula is C22H32O5. The third-order valence-electron chi connectivity index (χ3n) is 5.85. The molecule has 1 saturated heterocycles. The van der Waals surface area contributed by atoms with E-state index in [1.807, 2.05) is 19.9 Å². The Morgan fingerprint density at radius 3 is 2.70 bits per heavy atom. The van der Waals surface area contributed by atoms with Gasteiger partial charge in [-0.25, -0.2) is 4.79 Å².